The summed E-state index contributed by atoms with van der Waals surface area (Å²) in [5, 5.41) is 15.9. The van der Waals surface area contributed by atoms with Crippen molar-refractivity contribution in [3.8, 4) is 5.75 Å². The molecule has 0 bridgehead atoms. The quantitative estimate of drug-likeness (QED) is 0.852. The second-order valence-electron chi connectivity index (χ2n) is 3.92. The van der Waals surface area contributed by atoms with Crippen molar-refractivity contribution in [3.63, 3.8) is 0 Å². The predicted octanol–water partition coefficient (Wildman–Crippen LogP) is 1.46. The number of carbonyl (C=O) groups excluding carboxylic acids is 1. The van der Waals surface area contributed by atoms with Crippen LogP contribution < -0.4 is 5.32 Å². The van der Waals surface area contributed by atoms with E-state index in [1.54, 1.807) is 24.3 Å². The lowest BCUT2D eigenvalue weighted by Gasteiger charge is -2.04. The van der Waals surface area contributed by atoms with Crippen molar-refractivity contribution in [2.45, 2.75) is 13.2 Å². The van der Waals surface area contributed by atoms with Crippen LogP contribution in [0.5, 0.6) is 5.75 Å². The molecule has 0 aliphatic rings. The van der Waals surface area contributed by atoms with Crippen LogP contribution in [0.2, 0.25) is 0 Å². The highest BCUT2D eigenvalue weighted by Crippen LogP contribution is 2.15. The fourth-order valence-electron chi connectivity index (χ4n) is 1.56. The normalized spacial score (nSPS) is 10.4. The first-order valence-electron chi connectivity index (χ1n) is 5.70. The summed E-state index contributed by atoms with van der Waals surface area (Å²) in [4.78, 5) is 11.8. The van der Waals surface area contributed by atoms with Gasteiger partial charge in [0.25, 0.3) is 5.91 Å². The van der Waals surface area contributed by atoms with E-state index in [1.165, 1.54) is 13.2 Å². The van der Waals surface area contributed by atoms with Crippen LogP contribution >= 0.6 is 0 Å². The number of nitrogens with one attached hydrogen (secondary N) is 1. The topological polar surface area (TPSA) is 84.6 Å². The number of aromatic nitrogens is 1. The summed E-state index contributed by atoms with van der Waals surface area (Å²) in [5.41, 5.74) is 0.818. The average molecular weight is 262 g/mol. The molecule has 19 heavy (non-hydrogen) atoms. The van der Waals surface area contributed by atoms with Gasteiger partial charge in [-0.05, 0) is 6.07 Å². The van der Waals surface area contributed by atoms with Crippen molar-refractivity contribution < 1.29 is 19.2 Å². The monoisotopic (exact) mass is 262 g/mol. The lowest BCUT2D eigenvalue weighted by Crippen LogP contribution is -2.23. The molecule has 1 amide bonds. The smallest absolute Gasteiger partial charge is 0.273 e. The Bertz CT molecular complexity index is 565. The maximum Gasteiger partial charge on any atom is 0.273 e. The van der Waals surface area contributed by atoms with E-state index < -0.39 is 0 Å². The Morgan fingerprint density at radius 1 is 1.47 bits per heavy atom. The van der Waals surface area contributed by atoms with Crippen molar-refractivity contribution in [3.05, 3.63) is 47.3 Å². The van der Waals surface area contributed by atoms with E-state index in [2.05, 4.69) is 10.5 Å². The fourth-order valence-corrected chi connectivity index (χ4v) is 1.56. The van der Waals surface area contributed by atoms with E-state index >= 15 is 0 Å². The van der Waals surface area contributed by atoms with Gasteiger partial charge in [0.2, 0.25) is 0 Å². The van der Waals surface area contributed by atoms with Gasteiger partial charge in [-0.3, -0.25) is 4.79 Å². The van der Waals surface area contributed by atoms with Crippen LogP contribution in [0.15, 0.2) is 34.9 Å². The van der Waals surface area contributed by atoms with Gasteiger partial charge in [0.15, 0.2) is 11.5 Å². The summed E-state index contributed by atoms with van der Waals surface area (Å²) >= 11 is 0. The number of amides is 1. The van der Waals surface area contributed by atoms with E-state index in [1.807, 2.05) is 0 Å². The van der Waals surface area contributed by atoms with Gasteiger partial charge in [-0.2, -0.15) is 0 Å². The molecular formula is C13H14N2O4. The number of aromatic hydroxyl groups is 1. The molecule has 100 valence electrons. The van der Waals surface area contributed by atoms with Gasteiger partial charge in [0.05, 0.1) is 0 Å². The number of methoxy groups -OCH3 is 1. The number of rotatable bonds is 5. The molecule has 0 saturated heterocycles. The van der Waals surface area contributed by atoms with Crippen LogP contribution in [0, 0.1) is 0 Å². The number of hydrogen-bond acceptors (Lipinski definition) is 5. The Morgan fingerprint density at radius 3 is 3.00 bits per heavy atom. The second kappa shape index (κ2) is 6.01. The van der Waals surface area contributed by atoms with Crippen molar-refractivity contribution in [2.75, 3.05) is 7.11 Å². The molecule has 2 rings (SSSR count). The minimum atomic E-state index is -0.366. The SMILES string of the molecule is COCc1cc(C(=O)NCc2ccccc2O)no1. The molecular weight excluding hydrogens is 248 g/mol. The van der Waals surface area contributed by atoms with E-state index in [0.717, 1.165) is 0 Å². The zero-order valence-electron chi connectivity index (χ0n) is 10.4. The number of phenols is 1. The largest absolute Gasteiger partial charge is 0.508 e. The number of phenolic OH excluding ortho intramolecular Hbond substituents is 1. The van der Waals surface area contributed by atoms with E-state index in [-0.39, 0.29) is 30.5 Å². The molecule has 0 aliphatic heterocycles. The first-order chi connectivity index (χ1) is 9.20. The fraction of sp³-hybridized carbons (Fsp3) is 0.231. The second-order valence-corrected chi connectivity index (χ2v) is 3.92. The summed E-state index contributed by atoms with van der Waals surface area (Å²) in [5.74, 6) is 0.257. The van der Waals surface area contributed by atoms with Crippen molar-refractivity contribution in [1.29, 1.82) is 0 Å². The predicted molar refractivity (Wildman–Crippen MR) is 66.5 cm³/mol. The Kier molecular flexibility index (Phi) is 4.15. The first kappa shape index (κ1) is 13.1. The van der Waals surface area contributed by atoms with Gasteiger partial charge in [0.1, 0.15) is 12.4 Å². The maximum absolute atomic E-state index is 11.8. The number of carbonyl (C=O) groups is 1. The molecule has 1 aromatic carbocycles. The zero-order valence-corrected chi connectivity index (χ0v) is 10.4. The molecule has 0 saturated carbocycles. The van der Waals surface area contributed by atoms with E-state index in [9.17, 15) is 9.90 Å². The van der Waals surface area contributed by atoms with Crippen molar-refractivity contribution in [1.82, 2.24) is 10.5 Å². The number of para-hydroxylation sites is 1. The summed E-state index contributed by atoms with van der Waals surface area (Å²) in [6.07, 6.45) is 0. The summed E-state index contributed by atoms with van der Waals surface area (Å²) in [7, 11) is 1.53. The van der Waals surface area contributed by atoms with Gasteiger partial charge in [0, 0.05) is 25.3 Å². The summed E-state index contributed by atoms with van der Waals surface area (Å²) in [6, 6.07) is 8.32. The van der Waals surface area contributed by atoms with Gasteiger partial charge in [-0.15, -0.1) is 0 Å². The molecule has 1 aromatic heterocycles. The summed E-state index contributed by atoms with van der Waals surface area (Å²) < 4.78 is 9.78. The maximum atomic E-state index is 11.8. The third-order valence-electron chi connectivity index (χ3n) is 2.51. The molecule has 0 radical (unpaired) electrons. The van der Waals surface area contributed by atoms with E-state index in [0.29, 0.717) is 11.3 Å². The minimum absolute atomic E-state index is 0.142. The first-order valence-corrected chi connectivity index (χ1v) is 5.70. The highest BCUT2D eigenvalue weighted by molar-refractivity contribution is 5.92. The lowest BCUT2D eigenvalue weighted by molar-refractivity contribution is 0.0941. The van der Waals surface area contributed by atoms with Crippen LogP contribution in [0.1, 0.15) is 21.8 Å². The Labute approximate surface area is 110 Å². The molecule has 0 atom stereocenters. The van der Waals surface area contributed by atoms with Crippen molar-refractivity contribution in [2.24, 2.45) is 0 Å². The molecule has 2 N–H and O–H groups in total. The molecule has 2 aromatic rings. The molecule has 0 aliphatic carbocycles. The summed E-state index contributed by atoms with van der Waals surface area (Å²) in [6.45, 7) is 0.484. The third kappa shape index (κ3) is 3.32. The Morgan fingerprint density at radius 2 is 2.26 bits per heavy atom. The average Bonchev–Trinajstić information content (AvgIpc) is 2.87. The standard InChI is InChI=1S/C13H14N2O4/c1-18-8-10-6-11(15-19-10)13(17)14-7-9-4-2-3-5-12(9)16/h2-6,16H,7-8H2,1H3,(H,14,17). The number of benzene rings is 1. The van der Waals surface area contributed by atoms with Gasteiger partial charge in [-0.1, -0.05) is 23.4 Å². The van der Waals surface area contributed by atoms with Gasteiger partial charge >= 0.3 is 0 Å². The molecule has 6 nitrogen and oxygen atoms in total. The Hall–Kier alpha value is -2.34. The Balaban J connectivity index is 1.95. The highest BCUT2D eigenvalue weighted by Gasteiger charge is 2.12. The van der Waals surface area contributed by atoms with Crippen LogP contribution in [-0.4, -0.2) is 23.3 Å². The van der Waals surface area contributed by atoms with Crippen LogP contribution in [0.3, 0.4) is 0 Å². The molecule has 1 heterocycles. The van der Waals surface area contributed by atoms with Gasteiger partial charge < -0.3 is 19.7 Å². The lowest BCUT2D eigenvalue weighted by atomic mass is 10.2. The zero-order chi connectivity index (χ0) is 13.7. The number of ether oxygens (including phenoxy) is 1. The highest BCUT2D eigenvalue weighted by atomic mass is 16.5. The van der Waals surface area contributed by atoms with Crippen LogP contribution in [0.25, 0.3) is 0 Å². The molecule has 0 spiro atoms. The van der Waals surface area contributed by atoms with E-state index in [4.69, 9.17) is 9.26 Å². The number of nitrogens with zero attached hydrogens (tertiary/aromatic N) is 1. The molecule has 0 fully saturated rings. The van der Waals surface area contributed by atoms with Crippen molar-refractivity contribution >= 4 is 5.91 Å². The van der Waals surface area contributed by atoms with Gasteiger partial charge in [-0.25, -0.2) is 0 Å². The molecule has 6 heteroatoms. The minimum Gasteiger partial charge on any atom is -0.508 e. The van der Waals surface area contributed by atoms with Crippen LogP contribution in [0.4, 0.5) is 0 Å². The molecule has 0 unspecified atom stereocenters. The van der Waals surface area contributed by atoms with Crippen LogP contribution in [-0.2, 0) is 17.9 Å². The number of hydrogen-bond donors (Lipinski definition) is 2. The third-order valence-corrected chi connectivity index (χ3v) is 2.51.